The van der Waals surface area contributed by atoms with E-state index in [1.165, 1.54) is 10.5 Å². The summed E-state index contributed by atoms with van der Waals surface area (Å²) in [6.45, 7) is 2.87. The van der Waals surface area contributed by atoms with Gasteiger partial charge in [-0.1, -0.05) is 13.3 Å². The maximum atomic E-state index is 13.1. The van der Waals surface area contributed by atoms with Crippen LogP contribution < -0.4 is 0 Å². The Hall–Kier alpha value is -1.53. The van der Waals surface area contributed by atoms with Gasteiger partial charge in [-0.25, -0.2) is 0 Å². The molecular formula is C16H22F3N3O. The molecule has 4 nitrogen and oxygen atoms in total. The van der Waals surface area contributed by atoms with Crippen LogP contribution in [0.4, 0.5) is 13.2 Å². The highest BCUT2D eigenvalue weighted by Crippen LogP contribution is 2.58. The lowest BCUT2D eigenvalue weighted by molar-refractivity contribution is -0.199. The van der Waals surface area contributed by atoms with Crippen molar-refractivity contribution in [2.45, 2.75) is 57.7 Å². The molecule has 1 aromatic rings. The van der Waals surface area contributed by atoms with Crippen molar-refractivity contribution < 1.29 is 18.0 Å². The van der Waals surface area contributed by atoms with Crippen molar-refractivity contribution >= 4 is 5.91 Å². The van der Waals surface area contributed by atoms with Crippen LogP contribution in [0.2, 0.25) is 0 Å². The molecule has 0 atom stereocenters. The SMILES string of the molecule is CCCc1cnn(C2CCN(C(=O)C3(C(F)(F)F)CC3)CC2)c1. The Balaban J connectivity index is 1.59. The second-order valence-corrected chi connectivity index (χ2v) is 6.68. The molecule has 1 aliphatic carbocycles. The third kappa shape index (κ3) is 2.97. The van der Waals surface area contributed by atoms with Crippen LogP contribution >= 0.6 is 0 Å². The molecule has 2 heterocycles. The molecule has 0 spiro atoms. The lowest BCUT2D eigenvalue weighted by Gasteiger charge is -2.35. The normalized spacial score (nSPS) is 21.5. The van der Waals surface area contributed by atoms with Crippen molar-refractivity contribution in [3.05, 3.63) is 18.0 Å². The number of likely N-dealkylation sites (tertiary alicyclic amines) is 1. The molecule has 0 aromatic carbocycles. The highest BCUT2D eigenvalue weighted by atomic mass is 19.4. The molecule has 1 amide bonds. The molecule has 1 saturated carbocycles. The van der Waals surface area contributed by atoms with Gasteiger partial charge in [-0.05, 0) is 37.7 Å². The molecular weight excluding hydrogens is 307 g/mol. The van der Waals surface area contributed by atoms with Crippen LogP contribution in [0.15, 0.2) is 12.4 Å². The summed E-state index contributed by atoms with van der Waals surface area (Å²) in [5, 5.41) is 4.36. The van der Waals surface area contributed by atoms with Crippen LogP contribution in [0.25, 0.3) is 0 Å². The third-order valence-corrected chi connectivity index (χ3v) is 5.02. The van der Waals surface area contributed by atoms with Crippen molar-refractivity contribution in [3.8, 4) is 0 Å². The minimum Gasteiger partial charge on any atom is -0.342 e. The predicted octanol–water partition coefficient (Wildman–Crippen LogP) is 3.34. The van der Waals surface area contributed by atoms with Crippen molar-refractivity contribution in [1.29, 1.82) is 0 Å². The molecule has 23 heavy (non-hydrogen) atoms. The molecule has 2 fully saturated rings. The Morgan fingerprint density at radius 1 is 1.35 bits per heavy atom. The molecule has 1 aliphatic heterocycles. The van der Waals surface area contributed by atoms with Gasteiger partial charge < -0.3 is 4.90 Å². The van der Waals surface area contributed by atoms with Gasteiger partial charge in [-0.3, -0.25) is 9.48 Å². The zero-order valence-corrected chi connectivity index (χ0v) is 13.3. The van der Waals surface area contributed by atoms with Gasteiger partial charge in [0.05, 0.1) is 12.2 Å². The van der Waals surface area contributed by atoms with E-state index in [0.29, 0.717) is 25.9 Å². The molecule has 128 valence electrons. The second-order valence-electron chi connectivity index (χ2n) is 6.68. The van der Waals surface area contributed by atoms with Gasteiger partial charge in [-0.2, -0.15) is 18.3 Å². The van der Waals surface area contributed by atoms with Crippen molar-refractivity contribution in [3.63, 3.8) is 0 Å². The number of nitrogens with zero attached hydrogens (tertiary/aromatic N) is 3. The summed E-state index contributed by atoms with van der Waals surface area (Å²) in [6.07, 6.45) is 2.68. The summed E-state index contributed by atoms with van der Waals surface area (Å²) >= 11 is 0. The van der Waals surface area contributed by atoms with Gasteiger partial charge in [0, 0.05) is 19.3 Å². The third-order valence-electron chi connectivity index (χ3n) is 5.02. The molecule has 0 radical (unpaired) electrons. The smallest absolute Gasteiger partial charge is 0.342 e. The molecule has 3 rings (SSSR count). The standard InChI is InChI=1S/C16H22F3N3O/c1-2-3-12-10-20-22(11-12)13-4-8-21(9-5-13)14(23)15(6-7-15)16(17,18)19/h10-11,13H,2-9H2,1H3. The first kappa shape index (κ1) is 16.3. The number of aryl methyl sites for hydroxylation is 1. The Morgan fingerprint density at radius 2 is 2.00 bits per heavy atom. The first-order chi connectivity index (χ1) is 10.9. The summed E-state index contributed by atoms with van der Waals surface area (Å²) in [4.78, 5) is 13.6. The first-order valence-electron chi connectivity index (χ1n) is 8.26. The number of piperidine rings is 1. The van der Waals surface area contributed by atoms with E-state index < -0.39 is 17.5 Å². The van der Waals surface area contributed by atoms with Gasteiger partial charge in [0.1, 0.15) is 5.41 Å². The summed E-state index contributed by atoms with van der Waals surface area (Å²) < 4.78 is 41.1. The Labute approximate surface area is 133 Å². The number of alkyl halides is 3. The average molecular weight is 329 g/mol. The fourth-order valence-electron chi connectivity index (χ4n) is 3.37. The number of rotatable bonds is 4. The van der Waals surface area contributed by atoms with E-state index in [-0.39, 0.29) is 18.9 Å². The molecule has 0 N–H and O–H groups in total. The highest BCUT2D eigenvalue weighted by Gasteiger charge is 2.69. The second kappa shape index (κ2) is 5.83. The van der Waals surface area contributed by atoms with Gasteiger partial charge in [0.25, 0.3) is 0 Å². The van der Waals surface area contributed by atoms with E-state index in [1.54, 1.807) is 0 Å². The maximum absolute atomic E-state index is 13.1. The number of hydrogen-bond donors (Lipinski definition) is 0. The monoisotopic (exact) mass is 329 g/mol. The summed E-state index contributed by atoms with van der Waals surface area (Å²) in [5.74, 6) is -0.726. The predicted molar refractivity (Wildman–Crippen MR) is 78.8 cm³/mol. The number of carbonyl (C=O) groups excluding carboxylic acids is 1. The maximum Gasteiger partial charge on any atom is 0.403 e. The fraction of sp³-hybridized carbons (Fsp3) is 0.750. The van der Waals surface area contributed by atoms with E-state index >= 15 is 0 Å². The molecule has 0 bridgehead atoms. The minimum atomic E-state index is -4.42. The Bertz CT molecular complexity index is 569. The van der Waals surface area contributed by atoms with Gasteiger partial charge in [-0.15, -0.1) is 0 Å². The van der Waals surface area contributed by atoms with Crippen LogP contribution in [0.5, 0.6) is 0 Å². The first-order valence-corrected chi connectivity index (χ1v) is 8.26. The molecule has 2 aliphatic rings. The molecule has 0 unspecified atom stereocenters. The highest BCUT2D eigenvalue weighted by molar-refractivity contribution is 5.86. The van der Waals surface area contributed by atoms with Crippen LogP contribution in [0.1, 0.15) is 50.6 Å². The summed E-state index contributed by atoms with van der Waals surface area (Å²) in [5.41, 5.74) is -0.903. The van der Waals surface area contributed by atoms with Crippen LogP contribution in [0, 0.1) is 5.41 Å². The minimum absolute atomic E-state index is 0.0607. The van der Waals surface area contributed by atoms with E-state index in [2.05, 4.69) is 12.0 Å². The number of halogens is 3. The van der Waals surface area contributed by atoms with Crippen molar-refractivity contribution in [2.24, 2.45) is 5.41 Å². The zero-order valence-electron chi connectivity index (χ0n) is 13.3. The number of hydrogen-bond acceptors (Lipinski definition) is 2. The largest absolute Gasteiger partial charge is 0.403 e. The van der Waals surface area contributed by atoms with Crippen molar-refractivity contribution in [2.75, 3.05) is 13.1 Å². The number of amides is 1. The molecule has 7 heteroatoms. The quantitative estimate of drug-likeness (QED) is 0.850. The van der Waals surface area contributed by atoms with Crippen LogP contribution in [-0.4, -0.2) is 39.9 Å². The van der Waals surface area contributed by atoms with E-state index in [1.807, 2.05) is 17.1 Å². The molecule has 1 saturated heterocycles. The summed E-state index contributed by atoms with van der Waals surface area (Å²) in [7, 11) is 0. The van der Waals surface area contributed by atoms with Crippen molar-refractivity contribution in [1.82, 2.24) is 14.7 Å². The van der Waals surface area contributed by atoms with Gasteiger partial charge in [0.2, 0.25) is 5.91 Å². The number of aromatic nitrogens is 2. The van der Waals surface area contributed by atoms with E-state index in [0.717, 1.165) is 12.8 Å². The Morgan fingerprint density at radius 3 is 2.52 bits per heavy atom. The lowest BCUT2D eigenvalue weighted by atomic mass is 10.00. The topological polar surface area (TPSA) is 38.1 Å². The van der Waals surface area contributed by atoms with Gasteiger partial charge >= 0.3 is 6.18 Å². The fourth-order valence-corrected chi connectivity index (χ4v) is 3.37. The zero-order chi connectivity index (χ0) is 16.7. The Kier molecular flexibility index (Phi) is 4.14. The van der Waals surface area contributed by atoms with E-state index in [9.17, 15) is 18.0 Å². The summed E-state index contributed by atoms with van der Waals surface area (Å²) in [6, 6.07) is 0.172. The number of carbonyl (C=O) groups is 1. The molecule has 1 aromatic heterocycles. The van der Waals surface area contributed by atoms with Crippen LogP contribution in [0.3, 0.4) is 0 Å². The lowest BCUT2D eigenvalue weighted by Crippen LogP contribution is -2.47. The average Bonchev–Trinajstić information content (AvgIpc) is 3.22. The van der Waals surface area contributed by atoms with Gasteiger partial charge in [0.15, 0.2) is 0 Å². The van der Waals surface area contributed by atoms with E-state index in [4.69, 9.17) is 0 Å². The van der Waals surface area contributed by atoms with Crippen LogP contribution in [-0.2, 0) is 11.2 Å².